The maximum atomic E-state index is 10.8. The average molecular weight is 379 g/mol. The molecule has 1 aromatic heterocycles. The Morgan fingerprint density at radius 2 is 1.86 bits per heavy atom. The number of hydrogen-bond donors (Lipinski definition) is 0. The molecule has 0 atom stereocenters. The van der Waals surface area contributed by atoms with Crippen molar-refractivity contribution in [1.82, 2.24) is 14.5 Å². The Labute approximate surface area is 162 Å². The molecule has 1 aliphatic heterocycles. The van der Waals surface area contributed by atoms with Crippen molar-refractivity contribution in [2.75, 3.05) is 32.8 Å². The minimum atomic E-state index is -0.411. The summed E-state index contributed by atoms with van der Waals surface area (Å²) in [5.41, 5.74) is 2.80. The predicted octanol–water partition coefficient (Wildman–Crippen LogP) is 3.03. The standard InChI is InChI=1S/C20H21N5O3/c26-25(27)17-7-5-16(6-8-17)15-21-20-22-18-3-1-2-4-19(18)24(20)10-9-23-11-13-28-14-12-23/h1-8,15H,9-14H2. The van der Waals surface area contributed by atoms with E-state index in [9.17, 15) is 10.1 Å². The molecule has 0 amide bonds. The zero-order chi connectivity index (χ0) is 19.3. The third kappa shape index (κ3) is 4.08. The van der Waals surface area contributed by atoms with E-state index >= 15 is 0 Å². The molecule has 28 heavy (non-hydrogen) atoms. The van der Waals surface area contributed by atoms with Crippen LogP contribution in [0.2, 0.25) is 0 Å². The van der Waals surface area contributed by atoms with E-state index in [0.717, 1.165) is 56.0 Å². The first-order valence-electron chi connectivity index (χ1n) is 9.24. The Bertz CT molecular complexity index is 991. The SMILES string of the molecule is O=[N+]([O-])c1ccc(C=Nc2nc3ccccc3n2CCN2CCOCC2)cc1. The number of para-hydroxylation sites is 2. The lowest BCUT2D eigenvalue weighted by Crippen LogP contribution is -2.38. The smallest absolute Gasteiger partial charge is 0.269 e. The van der Waals surface area contributed by atoms with Crippen LogP contribution >= 0.6 is 0 Å². The van der Waals surface area contributed by atoms with E-state index < -0.39 is 4.92 Å². The first kappa shape index (κ1) is 18.3. The summed E-state index contributed by atoms with van der Waals surface area (Å²) in [6.07, 6.45) is 1.69. The van der Waals surface area contributed by atoms with E-state index in [1.807, 2.05) is 24.3 Å². The number of benzene rings is 2. The molecule has 8 nitrogen and oxygen atoms in total. The van der Waals surface area contributed by atoms with Crippen LogP contribution in [0, 0.1) is 10.1 Å². The Balaban J connectivity index is 1.57. The molecule has 1 saturated heterocycles. The molecule has 0 saturated carbocycles. The minimum absolute atomic E-state index is 0.0647. The third-order valence-corrected chi connectivity index (χ3v) is 4.81. The first-order chi connectivity index (χ1) is 13.7. The number of fused-ring (bicyclic) bond motifs is 1. The molecule has 1 fully saturated rings. The van der Waals surface area contributed by atoms with Crippen molar-refractivity contribution in [2.45, 2.75) is 6.54 Å². The highest BCUT2D eigenvalue weighted by atomic mass is 16.6. The molecule has 2 heterocycles. The Morgan fingerprint density at radius 1 is 1.11 bits per heavy atom. The van der Waals surface area contributed by atoms with Crippen molar-refractivity contribution in [1.29, 1.82) is 0 Å². The summed E-state index contributed by atoms with van der Waals surface area (Å²) in [6.45, 7) is 5.12. The van der Waals surface area contributed by atoms with Gasteiger partial charge in [0.1, 0.15) is 0 Å². The monoisotopic (exact) mass is 379 g/mol. The Morgan fingerprint density at radius 3 is 2.61 bits per heavy atom. The van der Waals surface area contributed by atoms with Crippen molar-refractivity contribution >= 4 is 28.9 Å². The van der Waals surface area contributed by atoms with Gasteiger partial charge >= 0.3 is 0 Å². The van der Waals surface area contributed by atoms with Crippen LogP contribution in [0.15, 0.2) is 53.5 Å². The number of nitrogens with zero attached hydrogens (tertiary/aromatic N) is 5. The topological polar surface area (TPSA) is 85.8 Å². The summed E-state index contributed by atoms with van der Waals surface area (Å²) < 4.78 is 7.53. The van der Waals surface area contributed by atoms with Gasteiger partial charge in [-0.1, -0.05) is 12.1 Å². The van der Waals surface area contributed by atoms with Crippen LogP contribution in [0.1, 0.15) is 5.56 Å². The van der Waals surface area contributed by atoms with Gasteiger partial charge in [-0.15, -0.1) is 0 Å². The van der Waals surface area contributed by atoms with E-state index in [1.165, 1.54) is 12.1 Å². The van der Waals surface area contributed by atoms with Gasteiger partial charge in [-0.2, -0.15) is 0 Å². The molecule has 2 aromatic carbocycles. The average Bonchev–Trinajstić information content (AvgIpc) is 3.09. The lowest BCUT2D eigenvalue weighted by molar-refractivity contribution is -0.384. The van der Waals surface area contributed by atoms with Crippen molar-refractivity contribution in [3.8, 4) is 0 Å². The summed E-state index contributed by atoms with van der Waals surface area (Å²) in [4.78, 5) is 22.0. The molecule has 8 heteroatoms. The summed E-state index contributed by atoms with van der Waals surface area (Å²) in [7, 11) is 0. The molecule has 0 spiro atoms. The van der Waals surface area contributed by atoms with E-state index in [-0.39, 0.29) is 5.69 Å². The molecule has 0 N–H and O–H groups in total. The second-order valence-corrected chi connectivity index (χ2v) is 6.61. The van der Waals surface area contributed by atoms with E-state index in [2.05, 4.69) is 19.4 Å². The highest BCUT2D eigenvalue weighted by Gasteiger charge is 2.13. The van der Waals surface area contributed by atoms with Crippen LogP contribution < -0.4 is 0 Å². The maximum absolute atomic E-state index is 10.8. The van der Waals surface area contributed by atoms with Gasteiger partial charge in [-0.3, -0.25) is 15.0 Å². The molecule has 0 unspecified atom stereocenters. The number of nitro benzene ring substituents is 1. The Hall–Kier alpha value is -3.10. The predicted molar refractivity (Wildman–Crippen MR) is 107 cm³/mol. The lowest BCUT2D eigenvalue weighted by atomic mass is 10.2. The summed E-state index contributed by atoms with van der Waals surface area (Å²) in [6, 6.07) is 14.3. The summed E-state index contributed by atoms with van der Waals surface area (Å²) in [5.74, 6) is 0.632. The van der Waals surface area contributed by atoms with E-state index in [1.54, 1.807) is 18.3 Å². The molecule has 144 valence electrons. The van der Waals surface area contributed by atoms with E-state index in [4.69, 9.17) is 4.74 Å². The second kappa shape index (κ2) is 8.28. The molecule has 0 aliphatic carbocycles. The fourth-order valence-corrected chi connectivity index (χ4v) is 3.26. The van der Waals surface area contributed by atoms with Gasteiger partial charge in [0.2, 0.25) is 5.95 Å². The maximum Gasteiger partial charge on any atom is 0.269 e. The lowest BCUT2D eigenvalue weighted by Gasteiger charge is -2.26. The molecule has 1 aliphatic rings. The third-order valence-electron chi connectivity index (χ3n) is 4.81. The molecular weight excluding hydrogens is 358 g/mol. The highest BCUT2D eigenvalue weighted by Crippen LogP contribution is 2.22. The normalized spacial score (nSPS) is 15.4. The van der Waals surface area contributed by atoms with Crippen molar-refractivity contribution in [3.63, 3.8) is 0 Å². The number of morpholine rings is 1. The molecule has 4 rings (SSSR count). The van der Waals surface area contributed by atoms with Gasteiger partial charge in [0.05, 0.1) is 29.2 Å². The number of non-ortho nitro benzene ring substituents is 1. The number of ether oxygens (including phenoxy) is 1. The Kier molecular flexibility index (Phi) is 5.41. The number of hydrogen-bond acceptors (Lipinski definition) is 6. The van der Waals surface area contributed by atoms with Crippen LogP contribution in [0.4, 0.5) is 11.6 Å². The van der Waals surface area contributed by atoms with Crippen LogP contribution in [0.25, 0.3) is 11.0 Å². The fraction of sp³-hybridized carbons (Fsp3) is 0.300. The van der Waals surface area contributed by atoms with Crippen LogP contribution in [-0.2, 0) is 11.3 Å². The van der Waals surface area contributed by atoms with Gasteiger partial charge in [0.15, 0.2) is 0 Å². The molecule has 3 aromatic rings. The van der Waals surface area contributed by atoms with Crippen molar-refractivity contribution < 1.29 is 9.66 Å². The van der Waals surface area contributed by atoms with Crippen molar-refractivity contribution in [3.05, 3.63) is 64.2 Å². The first-order valence-corrected chi connectivity index (χ1v) is 9.24. The minimum Gasteiger partial charge on any atom is -0.379 e. The molecular formula is C20H21N5O3. The molecule has 0 radical (unpaired) electrons. The molecule has 0 bridgehead atoms. The number of aliphatic imine (C=N–C) groups is 1. The number of rotatable bonds is 6. The summed E-state index contributed by atoms with van der Waals surface area (Å²) in [5, 5.41) is 10.8. The van der Waals surface area contributed by atoms with Crippen LogP contribution in [-0.4, -0.2) is 58.4 Å². The highest BCUT2D eigenvalue weighted by molar-refractivity contribution is 5.84. The summed E-state index contributed by atoms with van der Waals surface area (Å²) >= 11 is 0. The second-order valence-electron chi connectivity index (χ2n) is 6.61. The van der Waals surface area contributed by atoms with Gasteiger partial charge in [0, 0.05) is 44.5 Å². The number of imidazole rings is 1. The van der Waals surface area contributed by atoms with Crippen LogP contribution in [0.3, 0.4) is 0 Å². The van der Waals surface area contributed by atoms with Gasteiger partial charge in [-0.05, 0) is 29.8 Å². The number of aromatic nitrogens is 2. The largest absolute Gasteiger partial charge is 0.379 e. The van der Waals surface area contributed by atoms with Crippen LogP contribution in [0.5, 0.6) is 0 Å². The fourth-order valence-electron chi connectivity index (χ4n) is 3.26. The van der Waals surface area contributed by atoms with E-state index in [0.29, 0.717) is 5.95 Å². The van der Waals surface area contributed by atoms with Gasteiger partial charge in [-0.25, -0.2) is 9.98 Å². The number of nitro groups is 1. The zero-order valence-electron chi connectivity index (χ0n) is 15.4. The zero-order valence-corrected chi connectivity index (χ0v) is 15.4. The van der Waals surface area contributed by atoms with Gasteiger partial charge in [0.25, 0.3) is 5.69 Å². The van der Waals surface area contributed by atoms with Gasteiger partial charge < -0.3 is 9.30 Å². The quantitative estimate of drug-likeness (QED) is 0.373. The van der Waals surface area contributed by atoms with Crippen molar-refractivity contribution in [2.24, 2.45) is 4.99 Å².